The molecule has 2 aromatic rings. The fourth-order valence-corrected chi connectivity index (χ4v) is 3.21. The van der Waals surface area contributed by atoms with Gasteiger partial charge in [0.1, 0.15) is 11.4 Å². The van der Waals surface area contributed by atoms with Crippen LogP contribution in [-0.4, -0.2) is 21.6 Å². The maximum Gasteiger partial charge on any atom is 0.222 e. The Morgan fingerprint density at radius 2 is 1.52 bits per heavy atom. The number of benzene rings is 1. The minimum absolute atomic E-state index is 0.186. The Balaban J connectivity index is 1.62. The second-order valence-electron chi connectivity index (χ2n) is 8.14. The van der Waals surface area contributed by atoms with Gasteiger partial charge >= 0.3 is 0 Å². The van der Waals surface area contributed by atoms with E-state index in [1.54, 1.807) is 0 Å². The van der Waals surface area contributed by atoms with Gasteiger partial charge in [0.25, 0.3) is 0 Å². The van der Waals surface area contributed by atoms with Crippen molar-refractivity contribution in [2.75, 3.05) is 5.32 Å². The zero-order valence-corrected chi connectivity index (χ0v) is 15.7. The van der Waals surface area contributed by atoms with Crippen molar-refractivity contribution in [1.29, 1.82) is 0 Å². The minimum Gasteiger partial charge on any atom is -0.488 e. The van der Waals surface area contributed by atoms with Gasteiger partial charge in [0.05, 0.1) is 0 Å². The molecule has 1 aromatic carbocycles. The third kappa shape index (κ3) is 5.18. The van der Waals surface area contributed by atoms with E-state index in [-0.39, 0.29) is 5.60 Å². The fraction of sp³-hybridized carbons (Fsp3) is 0.524. The van der Waals surface area contributed by atoms with E-state index in [0.717, 1.165) is 28.7 Å². The van der Waals surface area contributed by atoms with E-state index in [1.807, 2.05) is 45.3 Å². The molecule has 0 atom stereocenters. The normalized spacial score (nSPS) is 21.0. The molecule has 25 heavy (non-hydrogen) atoms. The molecule has 3 rings (SSSR count). The molecule has 1 N–H and O–H groups in total. The molecule has 1 aromatic heterocycles. The summed E-state index contributed by atoms with van der Waals surface area (Å²) in [7, 11) is 0. The smallest absolute Gasteiger partial charge is 0.222 e. The molecule has 1 fully saturated rings. The van der Waals surface area contributed by atoms with Crippen molar-refractivity contribution in [1.82, 2.24) is 9.97 Å². The van der Waals surface area contributed by atoms with Gasteiger partial charge in [0, 0.05) is 24.0 Å². The average molecular weight is 339 g/mol. The summed E-state index contributed by atoms with van der Waals surface area (Å²) >= 11 is 0. The highest BCUT2D eigenvalue weighted by Gasteiger charge is 2.18. The Hall–Kier alpha value is -2.10. The van der Waals surface area contributed by atoms with Gasteiger partial charge in [-0.2, -0.15) is 0 Å². The highest BCUT2D eigenvalue weighted by Crippen LogP contribution is 2.26. The second kappa shape index (κ2) is 7.42. The molecule has 0 bridgehead atoms. The molecule has 0 unspecified atom stereocenters. The third-order valence-corrected chi connectivity index (χ3v) is 4.61. The lowest BCUT2D eigenvalue weighted by Gasteiger charge is -2.26. The quantitative estimate of drug-likeness (QED) is 0.820. The van der Waals surface area contributed by atoms with Crippen LogP contribution in [0.5, 0.6) is 5.75 Å². The van der Waals surface area contributed by atoms with E-state index in [4.69, 9.17) is 4.74 Å². The number of nitrogens with one attached hydrogen (secondary N) is 1. The lowest BCUT2D eigenvalue weighted by atomic mass is 9.87. The average Bonchev–Trinajstić information content (AvgIpc) is 2.57. The first kappa shape index (κ1) is 17.7. The summed E-state index contributed by atoms with van der Waals surface area (Å²) in [5.41, 5.74) is 1.93. The maximum absolute atomic E-state index is 5.86. The summed E-state index contributed by atoms with van der Waals surface area (Å²) in [5, 5.41) is 3.47. The lowest BCUT2D eigenvalue weighted by molar-refractivity contribution is 0.131. The summed E-state index contributed by atoms with van der Waals surface area (Å²) in [6, 6.07) is 8.60. The number of hydrogen-bond donors (Lipinski definition) is 1. The van der Waals surface area contributed by atoms with Gasteiger partial charge in [-0.25, -0.2) is 9.97 Å². The van der Waals surface area contributed by atoms with Crippen molar-refractivity contribution in [2.45, 2.75) is 65.0 Å². The highest BCUT2D eigenvalue weighted by atomic mass is 16.5. The molecule has 0 radical (unpaired) electrons. The summed E-state index contributed by atoms with van der Waals surface area (Å²) in [5.74, 6) is 2.46. The maximum atomic E-state index is 5.86. The Bertz CT molecular complexity index is 666. The number of nitrogens with zero attached hydrogens (tertiary/aromatic N) is 2. The van der Waals surface area contributed by atoms with Gasteiger partial charge in [-0.1, -0.05) is 19.1 Å². The van der Waals surface area contributed by atoms with Crippen LogP contribution in [0, 0.1) is 5.92 Å². The van der Waals surface area contributed by atoms with E-state index >= 15 is 0 Å². The summed E-state index contributed by atoms with van der Waals surface area (Å²) in [6.07, 6.45) is 8.78. The van der Waals surface area contributed by atoms with Crippen LogP contribution in [0.25, 0.3) is 11.1 Å². The SMILES string of the molecule is CC1CCC(Nc2ncc(-c3ccc(OC(C)(C)C)cc3)cn2)CC1. The Morgan fingerprint density at radius 3 is 2.08 bits per heavy atom. The summed E-state index contributed by atoms with van der Waals surface area (Å²) in [4.78, 5) is 8.99. The number of aromatic nitrogens is 2. The minimum atomic E-state index is -0.186. The molecule has 0 saturated heterocycles. The van der Waals surface area contributed by atoms with Crippen LogP contribution in [0.4, 0.5) is 5.95 Å². The number of hydrogen-bond acceptors (Lipinski definition) is 4. The Labute approximate surface area is 151 Å². The van der Waals surface area contributed by atoms with E-state index in [2.05, 4.69) is 34.3 Å². The number of anilines is 1. The summed E-state index contributed by atoms with van der Waals surface area (Å²) < 4.78 is 5.86. The van der Waals surface area contributed by atoms with Crippen LogP contribution in [0.2, 0.25) is 0 Å². The molecular weight excluding hydrogens is 310 g/mol. The molecular formula is C21H29N3O. The molecule has 0 spiro atoms. The van der Waals surface area contributed by atoms with Gasteiger partial charge < -0.3 is 10.1 Å². The van der Waals surface area contributed by atoms with E-state index < -0.39 is 0 Å². The van der Waals surface area contributed by atoms with Crippen molar-refractivity contribution in [3.05, 3.63) is 36.7 Å². The van der Waals surface area contributed by atoms with Crippen LogP contribution in [0.1, 0.15) is 53.4 Å². The predicted octanol–water partition coefficient (Wildman–Crippen LogP) is 5.31. The van der Waals surface area contributed by atoms with Crippen LogP contribution < -0.4 is 10.1 Å². The molecule has 4 nitrogen and oxygen atoms in total. The molecule has 1 aliphatic rings. The van der Waals surface area contributed by atoms with Crippen molar-refractivity contribution in [2.24, 2.45) is 5.92 Å². The molecule has 134 valence electrons. The molecule has 1 aliphatic carbocycles. The molecule has 1 saturated carbocycles. The summed E-state index contributed by atoms with van der Waals surface area (Å²) in [6.45, 7) is 8.48. The first-order valence-electron chi connectivity index (χ1n) is 9.27. The van der Waals surface area contributed by atoms with Crippen molar-refractivity contribution in [3.63, 3.8) is 0 Å². The van der Waals surface area contributed by atoms with Gasteiger partial charge in [0.15, 0.2) is 0 Å². The first-order valence-corrected chi connectivity index (χ1v) is 9.27. The fourth-order valence-electron chi connectivity index (χ4n) is 3.21. The largest absolute Gasteiger partial charge is 0.488 e. The van der Waals surface area contributed by atoms with Gasteiger partial charge in [-0.05, 0) is 70.1 Å². The van der Waals surface area contributed by atoms with Crippen molar-refractivity contribution >= 4 is 5.95 Å². The second-order valence-corrected chi connectivity index (χ2v) is 8.14. The predicted molar refractivity (Wildman–Crippen MR) is 103 cm³/mol. The Kier molecular flexibility index (Phi) is 5.26. The zero-order valence-electron chi connectivity index (χ0n) is 15.7. The van der Waals surface area contributed by atoms with Crippen LogP contribution in [0.15, 0.2) is 36.7 Å². The van der Waals surface area contributed by atoms with Gasteiger partial charge in [-0.3, -0.25) is 0 Å². The lowest BCUT2D eigenvalue weighted by Crippen LogP contribution is -2.26. The van der Waals surface area contributed by atoms with Crippen molar-refractivity contribution in [3.8, 4) is 16.9 Å². The molecule has 1 heterocycles. The molecule has 0 aliphatic heterocycles. The van der Waals surface area contributed by atoms with Crippen molar-refractivity contribution < 1.29 is 4.74 Å². The van der Waals surface area contributed by atoms with E-state index in [0.29, 0.717) is 6.04 Å². The molecule has 0 amide bonds. The number of ether oxygens (including phenoxy) is 1. The monoisotopic (exact) mass is 339 g/mol. The first-order chi connectivity index (χ1) is 11.9. The Morgan fingerprint density at radius 1 is 0.920 bits per heavy atom. The van der Waals surface area contributed by atoms with E-state index in [1.165, 1.54) is 25.7 Å². The van der Waals surface area contributed by atoms with E-state index in [9.17, 15) is 0 Å². The molecule has 4 heteroatoms. The topological polar surface area (TPSA) is 47.0 Å². The van der Waals surface area contributed by atoms with Crippen LogP contribution >= 0.6 is 0 Å². The van der Waals surface area contributed by atoms with Gasteiger partial charge in [0.2, 0.25) is 5.95 Å². The van der Waals surface area contributed by atoms with Crippen LogP contribution in [-0.2, 0) is 0 Å². The standard InChI is InChI=1S/C21H29N3O/c1-15-5-9-18(10-6-15)24-20-22-13-17(14-23-20)16-7-11-19(12-8-16)25-21(2,3)4/h7-8,11-15,18H,5-6,9-10H2,1-4H3,(H,22,23,24). The number of rotatable bonds is 4. The van der Waals surface area contributed by atoms with Gasteiger partial charge in [-0.15, -0.1) is 0 Å². The zero-order chi connectivity index (χ0) is 17.9. The highest BCUT2D eigenvalue weighted by molar-refractivity contribution is 5.62. The third-order valence-electron chi connectivity index (χ3n) is 4.61. The van der Waals surface area contributed by atoms with Crippen LogP contribution in [0.3, 0.4) is 0 Å².